The molecule has 344 valence electrons. The predicted molar refractivity (Wildman–Crippen MR) is 250 cm³/mol. The highest BCUT2D eigenvalue weighted by Gasteiger charge is 2.24. The maximum Gasteiger partial charge on any atom is 0.306 e. The number of unbranched alkanes of at least 4 members (excludes halogenated alkanes) is 33. The number of amides is 1. The van der Waals surface area contributed by atoms with Gasteiger partial charge in [0.05, 0.1) is 25.2 Å². The molecule has 0 aromatic carbocycles. The van der Waals surface area contributed by atoms with Gasteiger partial charge < -0.3 is 20.3 Å². The van der Waals surface area contributed by atoms with Crippen molar-refractivity contribution in [3.05, 3.63) is 12.2 Å². The number of allylic oxidation sites excluding steroid dienone is 2. The fraction of sp³-hybridized carbons (Fsp3) is 0.923. The van der Waals surface area contributed by atoms with Crippen LogP contribution in [-0.4, -0.2) is 46.9 Å². The van der Waals surface area contributed by atoms with E-state index in [2.05, 4.69) is 38.2 Å². The van der Waals surface area contributed by atoms with Crippen molar-refractivity contribution in [3.63, 3.8) is 0 Å². The second kappa shape index (κ2) is 46.7. The molecule has 0 rings (SSSR count). The van der Waals surface area contributed by atoms with Crippen molar-refractivity contribution in [2.45, 2.75) is 302 Å². The van der Waals surface area contributed by atoms with Crippen LogP contribution >= 0.6 is 0 Å². The zero-order valence-electron chi connectivity index (χ0n) is 39.2. The second-order valence-electron chi connectivity index (χ2n) is 17.9. The first-order valence-corrected chi connectivity index (χ1v) is 25.9. The third-order valence-electron chi connectivity index (χ3n) is 12.1. The highest BCUT2D eigenvalue weighted by atomic mass is 16.5. The Morgan fingerprint density at radius 3 is 1.28 bits per heavy atom. The first-order valence-electron chi connectivity index (χ1n) is 25.9. The monoisotopic (exact) mass is 820 g/mol. The van der Waals surface area contributed by atoms with Crippen molar-refractivity contribution in [2.24, 2.45) is 0 Å². The number of aliphatic hydroxyl groups is 2. The molecule has 0 spiro atoms. The van der Waals surface area contributed by atoms with Crippen LogP contribution in [0, 0.1) is 0 Å². The molecule has 6 nitrogen and oxygen atoms in total. The van der Waals surface area contributed by atoms with E-state index in [0.29, 0.717) is 19.3 Å². The summed E-state index contributed by atoms with van der Waals surface area (Å²) < 4.78 is 5.93. The van der Waals surface area contributed by atoms with Gasteiger partial charge in [0.1, 0.15) is 6.10 Å². The van der Waals surface area contributed by atoms with Crippen LogP contribution in [-0.2, 0) is 14.3 Å². The molecule has 0 bridgehead atoms. The summed E-state index contributed by atoms with van der Waals surface area (Å²) in [5, 5.41) is 23.8. The van der Waals surface area contributed by atoms with Gasteiger partial charge in [0.15, 0.2) is 0 Å². The Balaban J connectivity index is 4.53. The molecule has 0 aliphatic carbocycles. The van der Waals surface area contributed by atoms with Crippen molar-refractivity contribution in [2.75, 3.05) is 6.61 Å². The van der Waals surface area contributed by atoms with E-state index in [9.17, 15) is 19.8 Å². The number of carbonyl (C=O) groups is 2. The number of aliphatic hydroxyl groups excluding tert-OH is 2. The summed E-state index contributed by atoms with van der Waals surface area (Å²) in [6.07, 6.45) is 51.3. The number of hydrogen-bond donors (Lipinski definition) is 3. The Morgan fingerprint density at radius 1 is 0.483 bits per heavy atom. The summed E-state index contributed by atoms with van der Waals surface area (Å²) in [4.78, 5) is 26.1. The minimum atomic E-state index is -0.782. The van der Waals surface area contributed by atoms with Crippen molar-refractivity contribution in [1.82, 2.24) is 5.32 Å². The molecular formula is C52H101NO5. The maximum absolute atomic E-state index is 13.2. The molecular weight excluding hydrogens is 719 g/mol. The summed E-state index contributed by atoms with van der Waals surface area (Å²) in [6, 6.07) is -0.696. The lowest BCUT2D eigenvalue weighted by Crippen LogP contribution is -2.46. The van der Waals surface area contributed by atoms with Gasteiger partial charge in [-0.05, 0) is 44.9 Å². The molecule has 0 heterocycles. The van der Waals surface area contributed by atoms with Crippen LogP contribution in [0.3, 0.4) is 0 Å². The molecule has 0 aliphatic heterocycles. The van der Waals surface area contributed by atoms with E-state index in [4.69, 9.17) is 4.74 Å². The number of carbonyl (C=O) groups excluding carboxylic acids is 2. The van der Waals surface area contributed by atoms with Crippen LogP contribution in [0.4, 0.5) is 0 Å². The van der Waals surface area contributed by atoms with E-state index in [0.717, 1.165) is 51.4 Å². The smallest absolute Gasteiger partial charge is 0.306 e. The maximum atomic E-state index is 13.2. The number of ether oxygens (including phenoxy) is 1. The number of rotatable bonds is 47. The quantitative estimate of drug-likeness (QED) is 0.0323. The fourth-order valence-electron chi connectivity index (χ4n) is 8.12. The van der Waals surface area contributed by atoms with Crippen LogP contribution in [0.1, 0.15) is 284 Å². The van der Waals surface area contributed by atoms with Gasteiger partial charge in [0.25, 0.3) is 0 Å². The van der Waals surface area contributed by atoms with Gasteiger partial charge in [-0.1, -0.05) is 238 Å². The Morgan fingerprint density at radius 2 is 0.845 bits per heavy atom. The molecule has 0 aromatic heterocycles. The van der Waals surface area contributed by atoms with Crippen LogP contribution in [0.25, 0.3) is 0 Å². The van der Waals surface area contributed by atoms with Gasteiger partial charge in [-0.15, -0.1) is 0 Å². The van der Waals surface area contributed by atoms with Gasteiger partial charge in [-0.2, -0.15) is 0 Å². The Bertz CT molecular complexity index is 878. The third kappa shape index (κ3) is 41.3. The lowest BCUT2D eigenvalue weighted by Gasteiger charge is -2.24. The van der Waals surface area contributed by atoms with Gasteiger partial charge in [0, 0.05) is 6.42 Å². The number of nitrogens with one attached hydrogen (secondary N) is 1. The highest BCUT2D eigenvalue weighted by molar-refractivity contribution is 5.77. The van der Waals surface area contributed by atoms with Crippen molar-refractivity contribution in [1.29, 1.82) is 0 Å². The molecule has 1 amide bonds. The van der Waals surface area contributed by atoms with E-state index < -0.39 is 18.2 Å². The van der Waals surface area contributed by atoms with Gasteiger partial charge in [-0.25, -0.2) is 0 Å². The lowest BCUT2D eigenvalue weighted by atomic mass is 10.0. The summed E-state index contributed by atoms with van der Waals surface area (Å²) in [7, 11) is 0. The van der Waals surface area contributed by atoms with Crippen molar-refractivity contribution >= 4 is 11.9 Å². The van der Waals surface area contributed by atoms with Crippen LogP contribution in [0.15, 0.2) is 12.2 Å². The molecule has 0 fully saturated rings. The predicted octanol–water partition coefficient (Wildman–Crippen LogP) is 15.3. The summed E-state index contributed by atoms with van der Waals surface area (Å²) >= 11 is 0. The Labute approximate surface area is 361 Å². The van der Waals surface area contributed by atoms with Gasteiger partial charge >= 0.3 is 5.97 Å². The molecule has 58 heavy (non-hydrogen) atoms. The van der Waals surface area contributed by atoms with E-state index >= 15 is 0 Å². The second-order valence-corrected chi connectivity index (χ2v) is 17.9. The molecule has 6 heteroatoms. The van der Waals surface area contributed by atoms with Crippen LogP contribution in [0.5, 0.6) is 0 Å². The standard InChI is InChI=1S/C52H101NO5/c1-4-7-10-13-16-19-22-24-25-27-29-31-34-37-40-43-48(58-52(57)45-42-39-36-33-28-21-18-15-12-9-6-3)46-51(56)53-49(47-54)50(55)44-41-38-35-32-30-26-23-20-17-14-11-8-5-2/h15,18,48-50,54-55H,4-14,16-17,19-47H2,1-3H3,(H,53,56)/b18-15-. The van der Waals surface area contributed by atoms with E-state index in [1.54, 1.807) is 0 Å². The Hall–Kier alpha value is -1.40. The average molecular weight is 820 g/mol. The largest absolute Gasteiger partial charge is 0.462 e. The minimum Gasteiger partial charge on any atom is -0.462 e. The van der Waals surface area contributed by atoms with Gasteiger partial charge in [-0.3, -0.25) is 9.59 Å². The molecule has 0 radical (unpaired) electrons. The number of esters is 1. The summed E-state index contributed by atoms with van der Waals surface area (Å²) in [5.74, 6) is -0.468. The normalized spacial score (nSPS) is 13.3. The van der Waals surface area contributed by atoms with Crippen molar-refractivity contribution < 1.29 is 24.5 Å². The molecule has 3 unspecified atom stereocenters. The zero-order valence-corrected chi connectivity index (χ0v) is 39.2. The summed E-state index contributed by atoms with van der Waals surface area (Å²) in [6.45, 7) is 6.47. The minimum absolute atomic E-state index is 0.0814. The van der Waals surface area contributed by atoms with Crippen molar-refractivity contribution in [3.8, 4) is 0 Å². The molecule has 3 N–H and O–H groups in total. The summed E-state index contributed by atoms with van der Waals surface area (Å²) in [5.41, 5.74) is 0. The number of hydrogen-bond acceptors (Lipinski definition) is 5. The molecule has 3 atom stereocenters. The topological polar surface area (TPSA) is 95.9 Å². The van der Waals surface area contributed by atoms with E-state index in [-0.39, 0.29) is 24.9 Å². The fourth-order valence-corrected chi connectivity index (χ4v) is 8.12. The van der Waals surface area contributed by atoms with E-state index in [1.807, 2.05) is 0 Å². The third-order valence-corrected chi connectivity index (χ3v) is 12.1. The molecule has 0 saturated carbocycles. The highest BCUT2D eigenvalue weighted by Crippen LogP contribution is 2.18. The molecule has 0 aliphatic rings. The van der Waals surface area contributed by atoms with Gasteiger partial charge in [0.2, 0.25) is 5.91 Å². The average Bonchev–Trinajstić information content (AvgIpc) is 3.22. The zero-order chi connectivity index (χ0) is 42.4. The van der Waals surface area contributed by atoms with Crippen LogP contribution < -0.4 is 5.32 Å². The first kappa shape index (κ1) is 56.6. The van der Waals surface area contributed by atoms with Crippen LogP contribution in [0.2, 0.25) is 0 Å². The SMILES string of the molecule is CCCC/C=C\CCCCCCCC(=O)OC(CCCCCCCCCCCCCCCCC)CC(=O)NC(CO)C(O)CCCCCCCCCCCCCCC. The van der Waals surface area contributed by atoms with E-state index in [1.165, 1.54) is 186 Å². The Kier molecular flexibility index (Phi) is 45.5. The molecule has 0 saturated heterocycles. The molecule has 0 aromatic rings. The first-order chi connectivity index (χ1) is 28.5. The lowest BCUT2D eigenvalue weighted by molar-refractivity contribution is -0.151.